The van der Waals surface area contributed by atoms with Crippen molar-refractivity contribution in [3.05, 3.63) is 48.2 Å². The number of ether oxygens (including phenoxy) is 1. The molecular weight excluding hydrogens is 360 g/mol. The number of carbonyl (C=O) groups excluding carboxylic acids is 1. The molecule has 0 saturated carbocycles. The fraction of sp³-hybridized carbons (Fsp3) is 0.480. The van der Waals surface area contributed by atoms with Gasteiger partial charge in [-0.3, -0.25) is 4.98 Å². The average molecular weight is 393 g/mol. The first-order chi connectivity index (χ1) is 13.9. The van der Waals surface area contributed by atoms with Crippen LogP contribution >= 0.6 is 0 Å². The van der Waals surface area contributed by atoms with E-state index in [-0.39, 0.29) is 5.92 Å². The lowest BCUT2D eigenvalue weighted by atomic mass is 9.83. The zero-order valence-electron chi connectivity index (χ0n) is 18.1. The third kappa shape index (κ3) is 6.71. The second-order valence-electron chi connectivity index (χ2n) is 8.32. The van der Waals surface area contributed by atoms with Crippen molar-refractivity contribution < 1.29 is 9.53 Å². The number of nitrogens with zero attached hydrogens (tertiary/aromatic N) is 2. The highest BCUT2D eigenvalue weighted by atomic mass is 16.5. The molecule has 0 aliphatic rings. The quantitative estimate of drug-likeness (QED) is 0.268. The minimum Gasteiger partial charge on any atom is -0.425 e. The summed E-state index contributed by atoms with van der Waals surface area (Å²) in [4.78, 5) is 17.0. The van der Waals surface area contributed by atoms with Crippen LogP contribution in [0.3, 0.4) is 0 Å². The molecule has 29 heavy (non-hydrogen) atoms. The van der Waals surface area contributed by atoms with Crippen molar-refractivity contribution >= 4 is 5.97 Å². The molecular formula is C25H32N2O2. The standard InChI is InChI=1S/C25H32N2O2/c1-5-6-7-8-9-20-10-15-23(27-17-20)21-11-13-22(14-12-21)29-24(28)25(4,18-26)16-19(2)3/h10-15,17,19H,5-9,16H2,1-4H3. The summed E-state index contributed by atoms with van der Waals surface area (Å²) >= 11 is 0. The van der Waals surface area contributed by atoms with Crippen LogP contribution in [0.15, 0.2) is 42.6 Å². The zero-order valence-corrected chi connectivity index (χ0v) is 18.1. The van der Waals surface area contributed by atoms with Gasteiger partial charge in [-0.05, 0) is 68.0 Å². The summed E-state index contributed by atoms with van der Waals surface area (Å²) in [5, 5.41) is 9.42. The number of carbonyl (C=O) groups is 1. The van der Waals surface area contributed by atoms with E-state index in [4.69, 9.17) is 4.74 Å². The van der Waals surface area contributed by atoms with Crippen LogP contribution in [0.4, 0.5) is 0 Å². The van der Waals surface area contributed by atoms with Crippen LogP contribution in [0.2, 0.25) is 0 Å². The Hall–Kier alpha value is -2.67. The maximum Gasteiger partial charge on any atom is 0.331 e. The highest BCUT2D eigenvalue weighted by Gasteiger charge is 2.36. The van der Waals surface area contributed by atoms with E-state index < -0.39 is 11.4 Å². The summed E-state index contributed by atoms with van der Waals surface area (Å²) in [6, 6.07) is 13.5. The van der Waals surface area contributed by atoms with E-state index in [1.807, 2.05) is 38.2 Å². The van der Waals surface area contributed by atoms with Gasteiger partial charge in [0.15, 0.2) is 5.41 Å². The third-order valence-corrected chi connectivity index (χ3v) is 5.02. The van der Waals surface area contributed by atoms with Crippen LogP contribution in [0.1, 0.15) is 65.4 Å². The number of esters is 1. The maximum absolute atomic E-state index is 12.5. The Morgan fingerprint density at radius 1 is 1.14 bits per heavy atom. The molecule has 0 N–H and O–H groups in total. The summed E-state index contributed by atoms with van der Waals surface area (Å²) in [5.74, 6) is 0.166. The van der Waals surface area contributed by atoms with E-state index in [1.165, 1.54) is 31.2 Å². The van der Waals surface area contributed by atoms with Crippen molar-refractivity contribution in [1.29, 1.82) is 5.26 Å². The molecule has 1 aromatic carbocycles. The number of pyridine rings is 1. The van der Waals surface area contributed by atoms with Gasteiger partial charge in [-0.2, -0.15) is 5.26 Å². The van der Waals surface area contributed by atoms with Gasteiger partial charge in [0.05, 0.1) is 11.8 Å². The van der Waals surface area contributed by atoms with Gasteiger partial charge >= 0.3 is 5.97 Å². The summed E-state index contributed by atoms with van der Waals surface area (Å²) in [7, 11) is 0. The van der Waals surface area contributed by atoms with Gasteiger partial charge in [-0.25, -0.2) is 4.79 Å². The fourth-order valence-corrected chi connectivity index (χ4v) is 3.40. The first-order valence-corrected chi connectivity index (χ1v) is 10.6. The van der Waals surface area contributed by atoms with Crippen molar-refractivity contribution in [2.45, 2.75) is 66.2 Å². The van der Waals surface area contributed by atoms with Crippen LogP contribution in [0, 0.1) is 22.7 Å². The Balaban J connectivity index is 1.99. The van der Waals surface area contributed by atoms with Crippen LogP contribution in [-0.2, 0) is 11.2 Å². The molecule has 0 bridgehead atoms. The van der Waals surface area contributed by atoms with Gasteiger partial charge in [-0.15, -0.1) is 0 Å². The largest absolute Gasteiger partial charge is 0.425 e. The minimum absolute atomic E-state index is 0.232. The summed E-state index contributed by atoms with van der Waals surface area (Å²) in [5.41, 5.74) is 1.98. The number of unbranched alkanes of at least 4 members (excludes halogenated alkanes) is 3. The van der Waals surface area contributed by atoms with Crippen LogP contribution in [0.25, 0.3) is 11.3 Å². The Morgan fingerprint density at radius 3 is 2.41 bits per heavy atom. The van der Waals surface area contributed by atoms with E-state index in [1.54, 1.807) is 19.1 Å². The Labute approximate surface area is 174 Å². The molecule has 1 heterocycles. The Bertz CT molecular complexity index is 819. The number of hydrogen-bond acceptors (Lipinski definition) is 4. The van der Waals surface area contributed by atoms with E-state index in [0.717, 1.165) is 17.7 Å². The molecule has 154 valence electrons. The average Bonchev–Trinajstić information content (AvgIpc) is 2.71. The van der Waals surface area contributed by atoms with E-state index in [2.05, 4.69) is 24.0 Å². The molecule has 0 aliphatic heterocycles. The Morgan fingerprint density at radius 2 is 1.86 bits per heavy atom. The van der Waals surface area contributed by atoms with Crippen molar-refractivity contribution in [2.24, 2.45) is 11.3 Å². The van der Waals surface area contributed by atoms with E-state index >= 15 is 0 Å². The van der Waals surface area contributed by atoms with Gasteiger partial charge in [0.1, 0.15) is 5.75 Å². The SMILES string of the molecule is CCCCCCc1ccc(-c2ccc(OC(=O)C(C)(C#N)CC(C)C)cc2)nc1. The molecule has 2 rings (SSSR count). The molecule has 1 unspecified atom stereocenters. The number of benzene rings is 1. The molecule has 4 nitrogen and oxygen atoms in total. The summed E-state index contributed by atoms with van der Waals surface area (Å²) in [6.07, 6.45) is 8.47. The molecule has 0 aliphatic carbocycles. The lowest BCUT2D eigenvalue weighted by Crippen LogP contribution is -2.32. The van der Waals surface area contributed by atoms with Crippen LogP contribution in [-0.4, -0.2) is 11.0 Å². The Kier molecular flexibility index (Phi) is 8.39. The molecule has 0 saturated heterocycles. The van der Waals surface area contributed by atoms with Gasteiger partial charge < -0.3 is 4.74 Å². The smallest absolute Gasteiger partial charge is 0.331 e. The van der Waals surface area contributed by atoms with Crippen molar-refractivity contribution in [2.75, 3.05) is 0 Å². The molecule has 1 atom stereocenters. The van der Waals surface area contributed by atoms with Gasteiger partial charge in [0, 0.05) is 11.8 Å². The predicted molar refractivity (Wildman–Crippen MR) is 116 cm³/mol. The number of aryl methyl sites for hydroxylation is 1. The van der Waals surface area contributed by atoms with E-state index in [9.17, 15) is 10.1 Å². The molecule has 2 aromatic rings. The number of aromatic nitrogens is 1. The first-order valence-electron chi connectivity index (χ1n) is 10.6. The third-order valence-electron chi connectivity index (χ3n) is 5.02. The fourth-order valence-electron chi connectivity index (χ4n) is 3.40. The monoisotopic (exact) mass is 392 g/mol. The van der Waals surface area contributed by atoms with Crippen LogP contribution < -0.4 is 4.74 Å². The minimum atomic E-state index is -1.14. The van der Waals surface area contributed by atoms with Gasteiger partial charge in [0.25, 0.3) is 0 Å². The van der Waals surface area contributed by atoms with Gasteiger partial charge in [0.2, 0.25) is 0 Å². The molecule has 0 spiro atoms. The lowest BCUT2D eigenvalue weighted by molar-refractivity contribution is -0.142. The second kappa shape index (κ2) is 10.8. The van der Waals surface area contributed by atoms with Crippen molar-refractivity contribution in [3.8, 4) is 23.1 Å². The normalized spacial score (nSPS) is 13.0. The zero-order chi connectivity index (χ0) is 21.3. The topological polar surface area (TPSA) is 63.0 Å². The van der Waals surface area contributed by atoms with E-state index in [0.29, 0.717) is 12.2 Å². The summed E-state index contributed by atoms with van der Waals surface area (Å²) < 4.78 is 5.46. The highest BCUT2D eigenvalue weighted by molar-refractivity contribution is 5.81. The highest BCUT2D eigenvalue weighted by Crippen LogP contribution is 2.29. The number of nitriles is 1. The molecule has 1 aromatic heterocycles. The van der Waals surface area contributed by atoms with Crippen molar-refractivity contribution in [1.82, 2.24) is 4.98 Å². The van der Waals surface area contributed by atoms with Crippen molar-refractivity contribution in [3.63, 3.8) is 0 Å². The molecule has 4 heteroatoms. The number of hydrogen-bond donors (Lipinski definition) is 0. The second-order valence-corrected chi connectivity index (χ2v) is 8.32. The number of rotatable bonds is 10. The first kappa shape index (κ1) is 22.6. The lowest BCUT2D eigenvalue weighted by Gasteiger charge is -2.21. The van der Waals surface area contributed by atoms with Crippen LogP contribution in [0.5, 0.6) is 5.75 Å². The van der Waals surface area contributed by atoms with Gasteiger partial charge in [-0.1, -0.05) is 46.1 Å². The molecule has 0 fully saturated rings. The predicted octanol–water partition coefficient (Wildman–Crippen LogP) is 6.35. The maximum atomic E-state index is 12.5. The molecule has 0 amide bonds. The molecule has 0 radical (unpaired) electrons. The summed E-state index contributed by atoms with van der Waals surface area (Å²) in [6.45, 7) is 7.83.